The third kappa shape index (κ3) is 3.97. The van der Waals surface area contributed by atoms with Gasteiger partial charge in [0.05, 0.1) is 24.0 Å². The molecule has 0 saturated carbocycles. The highest BCUT2D eigenvalue weighted by Crippen LogP contribution is 2.28. The number of fused-ring (bicyclic) bond motifs is 1. The van der Waals surface area contributed by atoms with E-state index in [-0.39, 0.29) is 11.9 Å². The second-order valence-corrected chi connectivity index (χ2v) is 7.25. The Kier molecular flexibility index (Phi) is 5.16. The summed E-state index contributed by atoms with van der Waals surface area (Å²) in [6.07, 6.45) is 4.32. The first-order valence-electron chi connectivity index (χ1n) is 10.00. The molecule has 10 nitrogen and oxygen atoms in total. The first-order chi connectivity index (χ1) is 16.1. The molecule has 0 aliphatic carbocycles. The molecule has 4 heterocycles. The predicted molar refractivity (Wildman–Crippen MR) is 114 cm³/mol. The van der Waals surface area contributed by atoms with E-state index in [4.69, 9.17) is 4.74 Å². The van der Waals surface area contributed by atoms with Crippen LogP contribution in [-0.4, -0.2) is 45.9 Å². The van der Waals surface area contributed by atoms with Gasteiger partial charge in [0.1, 0.15) is 29.9 Å². The van der Waals surface area contributed by atoms with Gasteiger partial charge in [-0.15, -0.1) is 5.10 Å². The number of imidazole rings is 1. The van der Waals surface area contributed by atoms with Crippen LogP contribution in [0, 0.1) is 17.1 Å². The average molecular weight is 441 g/mol. The summed E-state index contributed by atoms with van der Waals surface area (Å²) in [4.78, 5) is 8.68. The molecule has 5 aromatic rings. The van der Waals surface area contributed by atoms with E-state index < -0.39 is 5.82 Å². The van der Waals surface area contributed by atoms with Gasteiger partial charge in [0.25, 0.3) is 0 Å². The second kappa shape index (κ2) is 8.43. The lowest BCUT2D eigenvalue weighted by molar-refractivity contribution is 0.185. The number of ether oxygens (including phenoxy) is 1. The summed E-state index contributed by atoms with van der Waals surface area (Å²) >= 11 is 0. The van der Waals surface area contributed by atoms with Crippen molar-refractivity contribution in [3.8, 4) is 34.5 Å². The largest absolute Gasteiger partial charge is 0.486 e. The van der Waals surface area contributed by atoms with Crippen molar-refractivity contribution in [3.63, 3.8) is 0 Å². The van der Waals surface area contributed by atoms with Gasteiger partial charge in [-0.25, -0.2) is 18.6 Å². The fourth-order valence-corrected chi connectivity index (χ4v) is 3.42. The normalized spacial score (nSPS) is 11.9. The molecule has 0 unspecified atom stereocenters. The van der Waals surface area contributed by atoms with Gasteiger partial charge >= 0.3 is 0 Å². The van der Waals surface area contributed by atoms with E-state index in [2.05, 4.69) is 36.7 Å². The summed E-state index contributed by atoms with van der Waals surface area (Å²) < 4.78 is 23.4. The Bertz CT molecular complexity index is 1470. The standard InChI is InChI=1S/C22H16FN9O/c1-14(12-31-13-27-29-30-31)33-20-9-15(4-5-17(20)23)18-6-7-21-26-11-19(32(21)28-18)22-16(10-24)3-2-8-25-22/h2-9,11,13-14H,12H2,1H3/t14-/m0/s1. The number of hydrogen-bond acceptors (Lipinski definition) is 8. The van der Waals surface area contributed by atoms with Gasteiger partial charge < -0.3 is 4.74 Å². The average Bonchev–Trinajstić information content (AvgIpc) is 3.50. The zero-order valence-electron chi connectivity index (χ0n) is 17.4. The van der Waals surface area contributed by atoms with Crippen molar-refractivity contribution in [2.24, 2.45) is 0 Å². The molecule has 11 heteroatoms. The topological polar surface area (TPSA) is 120 Å². The Labute approximate surface area is 186 Å². The molecule has 0 aliphatic rings. The lowest BCUT2D eigenvalue weighted by atomic mass is 10.1. The predicted octanol–water partition coefficient (Wildman–Crippen LogP) is 2.92. The minimum absolute atomic E-state index is 0.0947. The highest BCUT2D eigenvalue weighted by Gasteiger charge is 2.15. The van der Waals surface area contributed by atoms with Crippen molar-refractivity contribution in [2.45, 2.75) is 19.6 Å². The van der Waals surface area contributed by atoms with Crippen LogP contribution in [0.15, 0.2) is 61.2 Å². The molecule has 0 spiro atoms. The molecular formula is C22H16FN9O. The summed E-state index contributed by atoms with van der Waals surface area (Å²) in [6, 6.07) is 13.7. The maximum absolute atomic E-state index is 14.5. The van der Waals surface area contributed by atoms with E-state index in [1.54, 1.807) is 60.2 Å². The van der Waals surface area contributed by atoms with E-state index in [1.807, 2.05) is 0 Å². The fraction of sp³-hybridized carbons (Fsp3) is 0.136. The van der Waals surface area contributed by atoms with E-state index >= 15 is 0 Å². The van der Waals surface area contributed by atoms with Gasteiger partial charge in [-0.2, -0.15) is 10.4 Å². The second-order valence-electron chi connectivity index (χ2n) is 7.25. The van der Waals surface area contributed by atoms with Crippen LogP contribution in [0.3, 0.4) is 0 Å². The van der Waals surface area contributed by atoms with Crippen molar-refractivity contribution in [1.82, 2.24) is 39.8 Å². The van der Waals surface area contributed by atoms with Gasteiger partial charge in [-0.3, -0.25) is 4.98 Å². The number of halogens is 1. The van der Waals surface area contributed by atoms with E-state index in [0.29, 0.717) is 40.4 Å². The lowest BCUT2D eigenvalue weighted by Crippen LogP contribution is -2.20. The quantitative estimate of drug-likeness (QED) is 0.394. The maximum Gasteiger partial charge on any atom is 0.165 e. The van der Waals surface area contributed by atoms with Crippen LogP contribution in [0.2, 0.25) is 0 Å². The molecule has 0 aliphatic heterocycles. The van der Waals surface area contributed by atoms with Crippen molar-refractivity contribution in [2.75, 3.05) is 0 Å². The smallest absolute Gasteiger partial charge is 0.165 e. The van der Waals surface area contributed by atoms with E-state index in [0.717, 1.165) is 0 Å². The van der Waals surface area contributed by atoms with Crippen LogP contribution in [0.5, 0.6) is 5.75 Å². The fourth-order valence-electron chi connectivity index (χ4n) is 3.42. The Balaban J connectivity index is 1.49. The summed E-state index contributed by atoms with van der Waals surface area (Å²) in [5, 5.41) is 25.0. The number of aromatic nitrogens is 8. The summed E-state index contributed by atoms with van der Waals surface area (Å²) in [6.45, 7) is 2.17. The molecule has 0 amide bonds. The van der Waals surface area contributed by atoms with Crippen LogP contribution in [0.25, 0.3) is 28.3 Å². The Morgan fingerprint density at radius 1 is 1.18 bits per heavy atom. The molecule has 0 N–H and O–H groups in total. The van der Waals surface area contributed by atoms with Gasteiger partial charge in [0, 0.05) is 11.8 Å². The van der Waals surface area contributed by atoms with Crippen LogP contribution in [0.4, 0.5) is 4.39 Å². The number of nitriles is 1. The molecule has 5 rings (SSSR count). The molecule has 1 aromatic carbocycles. The van der Waals surface area contributed by atoms with Crippen LogP contribution < -0.4 is 4.74 Å². The molecular weight excluding hydrogens is 425 g/mol. The van der Waals surface area contributed by atoms with Crippen LogP contribution in [0.1, 0.15) is 12.5 Å². The summed E-state index contributed by atoms with van der Waals surface area (Å²) in [5.41, 5.74) is 3.31. The lowest BCUT2D eigenvalue weighted by Gasteiger charge is -2.15. The summed E-state index contributed by atoms with van der Waals surface area (Å²) in [5.74, 6) is -0.392. The number of benzene rings is 1. The van der Waals surface area contributed by atoms with Crippen molar-refractivity contribution < 1.29 is 9.13 Å². The number of nitrogens with zero attached hydrogens (tertiary/aromatic N) is 9. The zero-order valence-corrected chi connectivity index (χ0v) is 17.4. The molecule has 0 bridgehead atoms. The Hall–Kier alpha value is -4.72. The highest BCUT2D eigenvalue weighted by atomic mass is 19.1. The maximum atomic E-state index is 14.5. The molecule has 0 saturated heterocycles. The minimum atomic E-state index is -0.487. The SMILES string of the molecule is C[C@@H](Cn1cnnn1)Oc1cc(-c2ccc3ncc(-c4ncccc4C#N)n3n2)ccc1F. The van der Waals surface area contributed by atoms with Crippen molar-refractivity contribution >= 4 is 5.65 Å². The third-order valence-electron chi connectivity index (χ3n) is 4.92. The van der Waals surface area contributed by atoms with Crippen LogP contribution >= 0.6 is 0 Å². The van der Waals surface area contributed by atoms with Gasteiger partial charge in [-0.05, 0) is 59.8 Å². The van der Waals surface area contributed by atoms with Crippen molar-refractivity contribution in [3.05, 3.63) is 72.6 Å². The number of rotatable bonds is 6. The first-order valence-corrected chi connectivity index (χ1v) is 10.00. The Morgan fingerprint density at radius 2 is 2.09 bits per heavy atom. The highest BCUT2D eigenvalue weighted by molar-refractivity contribution is 5.68. The Morgan fingerprint density at radius 3 is 2.91 bits per heavy atom. The number of hydrogen-bond donors (Lipinski definition) is 0. The third-order valence-corrected chi connectivity index (χ3v) is 4.92. The van der Waals surface area contributed by atoms with Gasteiger partial charge in [-0.1, -0.05) is 0 Å². The van der Waals surface area contributed by atoms with E-state index in [9.17, 15) is 9.65 Å². The molecule has 33 heavy (non-hydrogen) atoms. The number of tetrazole rings is 1. The monoisotopic (exact) mass is 441 g/mol. The van der Waals surface area contributed by atoms with Gasteiger partial charge in [0.15, 0.2) is 17.2 Å². The first kappa shape index (κ1) is 20.2. The van der Waals surface area contributed by atoms with Crippen molar-refractivity contribution in [1.29, 1.82) is 5.26 Å². The zero-order chi connectivity index (χ0) is 22.8. The number of pyridine rings is 1. The molecule has 0 radical (unpaired) electrons. The van der Waals surface area contributed by atoms with Crippen LogP contribution in [-0.2, 0) is 6.54 Å². The minimum Gasteiger partial charge on any atom is -0.486 e. The molecule has 0 fully saturated rings. The summed E-state index contributed by atoms with van der Waals surface area (Å²) in [7, 11) is 0. The van der Waals surface area contributed by atoms with E-state index in [1.165, 1.54) is 17.1 Å². The molecule has 1 atom stereocenters. The van der Waals surface area contributed by atoms with Gasteiger partial charge in [0.2, 0.25) is 0 Å². The molecule has 162 valence electrons. The molecule has 4 aromatic heterocycles.